The van der Waals surface area contributed by atoms with Gasteiger partial charge in [-0.1, -0.05) is 19.1 Å². The molecule has 1 heteroatoms. The number of aliphatic imine (C=N–C) groups is 1. The second-order valence-electron chi connectivity index (χ2n) is 4.63. The second kappa shape index (κ2) is 4.18. The molecule has 0 saturated carbocycles. The molecule has 0 aromatic rings. The number of hydrogen-bond donors (Lipinski definition) is 0. The maximum atomic E-state index is 4.50. The molecule has 0 bridgehead atoms. The molecule has 0 amide bonds. The van der Waals surface area contributed by atoms with Gasteiger partial charge in [-0.25, -0.2) is 0 Å². The van der Waals surface area contributed by atoms with E-state index in [1.807, 2.05) is 0 Å². The molecule has 0 spiro atoms. The number of hydrogen-bond acceptors (Lipinski definition) is 1. The molecule has 2 rings (SSSR count). The van der Waals surface area contributed by atoms with Crippen molar-refractivity contribution in [2.75, 3.05) is 0 Å². The molecule has 1 aliphatic heterocycles. The van der Waals surface area contributed by atoms with Crippen molar-refractivity contribution in [2.24, 2.45) is 10.9 Å². The fourth-order valence-corrected chi connectivity index (χ4v) is 2.36. The van der Waals surface area contributed by atoms with Crippen molar-refractivity contribution in [3.8, 4) is 0 Å². The topological polar surface area (TPSA) is 12.4 Å². The smallest absolute Gasteiger partial charge is 0.0403 e. The summed E-state index contributed by atoms with van der Waals surface area (Å²) >= 11 is 0. The summed E-state index contributed by atoms with van der Waals surface area (Å²) in [5, 5.41) is 0. The van der Waals surface area contributed by atoms with Crippen LogP contribution in [0.4, 0.5) is 0 Å². The Labute approximate surface area is 92.3 Å². The zero-order chi connectivity index (χ0) is 10.8. The van der Waals surface area contributed by atoms with Gasteiger partial charge in [0.1, 0.15) is 0 Å². The lowest BCUT2D eigenvalue weighted by Gasteiger charge is -2.22. The molecule has 0 aromatic carbocycles. The maximum Gasteiger partial charge on any atom is 0.0403 e. The Kier molecular flexibility index (Phi) is 2.90. The van der Waals surface area contributed by atoms with Crippen molar-refractivity contribution in [2.45, 2.75) is 40.0 Å². The molecule has 0 radical (unpaired) electrons. The molecule has 1 heterocycles. The van der Waals surface area contributed by atoms with Crippen molar-refractivity contribution >= 4 is 6.21 Å². The van der Waals surface area contributed by atoms with Crippen LogP contribution >= 0.6 is 0 Å². The SMILES string of the molecule is CC1=C(C2=C(C)N=C[C@H](C)C2)CCC=C1. The fourth-order valence-electron chi connectivity index (χ4n) is 2.36. The Morgan fingerprint density at radius 3 is 2.80 bits per heavy atom. The largest absolute Gasteiger partial charge is 0.265 e. The Morgan fingerprint density at radius 1 is 1.27 bits per heavy atom. The number of allylic oxidation sites excluding steroid dienone is 6. The normalized spacial score (nSPS) is 26.5. The molecular formula is C14H19N. The van der Waals surface area contributed by atoms with Crippen molar-refractivity contribution < 1.29 is 0 Å². The molecule has 1 aliphatic carbocycles. The van der Waals surface area contributed by atoms with E-state index in [-0.39, 0.29) is 0 Å². The molecular weight excluding hydrogens is 182 g/mol. The molecule has 80 valence electrons. The standard InChI is InChI=1S/C14H19N/c1-10-8-14(12(3)15-9-10)13-7-5-4-6-11(13)2/h4,6,9-10H,5,7-8H2,1-3H3/t10-/m1/s1. The molecule has 0 aromatic heterocycles. The summed E-state index contributed by atoms with van der Waals surface area (Å²) < 4.78 is 0. The van der Waals surface area contributed by atoms with Gasteiger partial charge in [-0.15, -0.1) is 0 Å². The molecule has 1 nitrogen and oxygen atoms in total. The highest BCUT2D eigenvalue weighted by Gasteiger charge is 2.17. The molecule has 15 heavy (non-hydrogen) atoms. The van der Waals surface area contributed by atoms with Crippen LogP contribution in [-0.2, 0) is 0 Å². The quantitative estimate of drug-likeness (QED) is 0.607. The summed E-state index contributed by atoms with van der Waals surface area (Å²) in [5.74, 6) is 0.593. The van der Waals surface area contributed by atoms with Gasteiger partial charge in [0.25, 0.3) is 0 Å². The summed E-state index contributed by atoms with van der Waals surface area (Å²) in [7, 11) is 0. The Balaban J connectivity index is 2.37. The van der Waals surface area contributed by atoms with Crippen LogP contribution in [0.2, 0.25) is 0 Å². The highest BCUT2D eigenvalue weighted by atomic mass is 14.7. The first-order chi connectivity index (χ1) is 7.18. The third-order valence-electron chi connectivity index (χ3n) is 3.25. The third-order valence-corrected chi connectivity index (χ3v) is 3.25. The molecule has 2 aliphatic rings. The van der Waals surface area contributed by atoms with Crippen LogP contribution in [0.1, 0.15) is 40.0 Å². The third kappa shape index (κ3) is 2.11. The molecule has 0 saturated heterocycles. The van der Waals surface area contributed by atoms with Crippen LogP contribution in [0, 0.1) is 5.92 Å². The molecule has 0 fully saturated rings. The summed E-state index contributed by atoms with van der Waals surface area (Å²) in [6.07, 6.45) is 10.1. The van der Waals surface area contributed by atoms with Gasteiger partial charge in [0.15, 0.2) is 0 Å². The van der Waals surface area contributed by atoms with Gasteiger partial charge in [-0.2, -0.15) is 0 Å². The van der Waals surface area contributed by atoms with Gasteiger partial charge in [-0.05, 0) is 55.7 Å². The number of nitrogens with zero attached hydrogens (tertiary/aromatic N) is 1. The maximum absolute atomic E-state index is 4.50. The van der Waals surface area contributed by atoms with E-state index in [1.165, 1.54) is 29.7 Å². The van der Waals surface area contributed by atoms with Crippen LogP contribution in [0.3, 0.4) is 0 Å². The summed E-state index contributed by atoms with van der Waals surface area (Å²) in [5.41, 5.74) is 5.68. The molecule has 1 atom stereocenters. The van der Waals surface area contributed by atoms with Crippen LogP contribution < -0.4 is 0 Å². The van der Waals surface area contributed by atoms with Crippen LogP contribution in [0.25, 0.3) is 0 Å². The summed E-state index contributed by atoms with van der Waals surface area (Å²) in [6, 6.07) is 0. The first-order valence-electron chi connectivity index (χ1n) is 5.79. The zero-order valence-corrected chi connectivity index (χ0v) is 9.88. The van der Waals surface area contributed by atoms with Gasteiger partial charge in [0.2, 0.25) is 0 Å². The first-order valence-corrected chi connectivity index (χ1v) is 5.79. The van der Waals surface area contributed by atoms with Gasteiger partial charge >= 0.3 is 0 Å². The summed E-state index contributed by atoms with van der Waals surface area (Å²) in [4.78, 5) is 4.50. The van der Waals surface area contributed by atoms with Crippen LogP contribution in [-0.4, -0.2) is 6.21 Å². The average molecular weight is 201 g/mol. The fraction of sp³-hybridized carbons (Fsp3) is 0.500. The minimum atomic E-state index is 0.593. The Bertz CT molecular complexity index is 380. The molecule has 0 unspecified atom stereocenters. The minimum Gasteiger partial charge on any atom is -0.265 e. The Hall–Kier alpha value is -1.11. The van der Waals surface area contributed by atoms with E-state index in [0.717, 1.165) is 6.42 Å². The lowest BCUT2D eigenvalue weighted by molar-refractivity contribution is 0.737. The minimum absolute atomic E-state index is 0.593. The lowest BCUT2D eigenvalue weighted by Crippen LogP contribution is -2.09. The first kappa shape index (κ1) is 10.4. The van der Waals surface area contributed by atoms with E-state index in [2.05, 4.69) is 44.1 Å². The second-order valence-corrected chi connectivity index (χ2v) is 4.63. The van der Waals surface area contributed by atoms with E-state index < -0.39 is 0 Å². The monoisotopic (exact) mass is 201 g/mol. The highest BCUT2D eigenvalue weighted by molar-refractivity contribution is 5.66. The number of rotatable bonds is 1. The van der Waals surface area contributed by atoms with Crippen molar-refractivity contribution in [1.82, 2.24) is 0 Å². The lowest BCUT2D eigenvalue weighted by atomic mass is 9.85. The van der Waals surface area contributed by atoms with Gasteiger partial charge < -0.3 is 0 Å². The van der Waals surface area contributed by atoms with E-state index >= 15 is 0 Å². The Morgan fingerprint density at radius 2 is 2.07 bits per heavy atom. The molecule has 0 N–H and O–H groups in total. The van der Waals surface area contributed by atoms with Crippen LogP contribution in [0.15, 0.2) is 39.6 Å². The van der Waals surface area contributed by atoms with Gasteiger partial charge in [0, 0.05) is 11.9 Å². The summed E-state index contributed by atoms with van der Waals surface area (Å²) in [6.45, 7) is 6.59. The van der Waals surface area contributed by atoms with Gasteiger partial charge in [-0.3, -0.25) is 4.99 Å². The van der Waals surface area contributed by atoms with E-state index in [4.69, 9.17) is 0 Å². The van der Waals surface area contributed by atoms with E-state index in [9.17, 15) is 0 Å². The zero-order valence-electron chi connectivity index (χ0n) is 9.88. The van der Waals surface area contributed by atoms with Crippen LogP contribution in [0.5, 0.6) is 0 Å². The van der Waals surface area contributed by atoms with Crippen molar-refractivity contribution in [1.29, 1.82) is 0 Å². The van der Waals surface area contributed by atoms with Crippen molar-refractivity contribution in [3.63, 3.8) is 0 Å². The van der Waals surface area contributed by atoms with Crippen molar-refractivity contribution in [3.05, 3.63) is 34.6 Å². The van der Waals surface area contributed by atoms with Gasteiger partial charge in [0.05, 0.1) is 0 Å². The highest BCUT2D eigenvalue weighted by Crippen LogP contribution is 2.33. The average Bonchev–Trinajstić information content (AvgIpc) is 2.23. The predicted molar refractivity (Wildman–Crippen MR) is 66.0 cm³/mol. The predicted octanol–water partition coefficient (Wildman–Crippen LogP) is 4.04. The van der Waals surface area contributed by atoms with E-state index in [0.29, 0.717) is 5.92 Å². The van der Waals surface area contributed by atoms with E-state index in [1.54, 1.807) is 5.57 Å².